The van der Waals surface area contributed by atoms with Crippen LogP contribution in [-0.4, -0.2) is 30.7 Å². The molecule has 1 saturated carbocycles. The van der Waals surface area contributed by atoms with Gasteiger partial charge in [-0.3, -0.25) is 4.79 Å². The molecule has 16 heavy (non-hydrogen) atoms. The van der Waals surface area contributed by atoms with Gasteiger partial charge in [-0.1, -0.05) is 13.8 Å². The second kappa shape index (κ2) is 4.34. The Morgan fingerprint density at radius 2 is 2.12 bits per heavy atom. The lowest BCUT2D eigenvalue weighted by Gasteiger charge is -2.50. The summed E-state index contributed by atoms with van der Waals surface area (Å²) in [6.07, 6.45) is 1.25. The second-order valence-electron chi connectivity index (χ2n) is 5.92. The number of carbonyl (C=O) groups is 1. The summed E-state index contributed by atoms with van der Waals surface area (Å²) in [7, 11) is 1.62. The molecular weight excluding hydrogens is 204 g/mol. The van der Waals surface area contributed by atoms with Gasteiger partial charge in [0.1, 0.15) is 0 Å². The van der Waals surface area contributed by atoms with E-state index in [-0.39, 0.29) is 23.4 Å². The smallest absolute Gasteiger partial charge is 0.223 e. The van der Waals surface area contributed by atoms with Crippen molar-refractivity contribution in [1.29, 1.82) is 0 Å². The average Bonchev–Trinajstić information content (AvgIpc) is 2.16. The number of carbonyl (C=O) groups excluding carboxylic acids is 1. The van der Waals surface area contributed by atoms with Gasteiger partial charge in [0.05, 0.1) is 12.0 Å². The molecule has 0 bridgehead atoms. The number of amides is 1. The van der Waals surface area contributed by atoms with Gasteiger partial charge in [-0.2, -0.15) is 0 Å². The molecule has 0 aliphatic heterocycles. The summed E-state index contributed by atoms with van der Waals surface area (Å²) in [6.45, 7) is 8.00. The molecule has 0 aromatic rings. The van der Waals surface area contributed by atoms with E-state index in [2.05, 4.69) is 19.2 Å². The van der Waals surface area contributed by atoms with Gasteiger partial charge in [-0.25, -0.2) is 0 Å². The molecule has 3 N–H and O–H groups in total. The Labute approximate surface area is 97.9 Å². The standard InChI is InChI=1S/C12H24N2O2/c1-11(2,16-5)7-10(15)14-9-6-8(13)12(9,3)4/h8-9H,6-7,13H2,1-5H3,(H,14,15). The predicted octanol–water partition coefficient (Wildman–Crippen LogP) is 1.04. The molecule has 2 atom stereocenters. The molecule has 0 heterocycles. The highest BCUT2D eigenvalue weighted by molar-refractivity contribution is 5.77. The van der Waals surface area contributed by atoms with Gasteiger partial charge >= 0.3 is 0 Å². The predicted molar refractivity (Wildman–Crippen MR) is 64.0 cm³/mol. The van der Waals surface area contributed by atoms with E-state index in [1.54, 1.807) is 7.11 Å². The van der Waals surface area contributed by atoms with Gasteiger partial charge in [0.15, 0.2) is 0 Å². The van der Waals surface area contributed by atoms with Crippen LogP contribution in [0.2, 0.25) is 0 Å². The summed E-state index contributed by atoms with van der Waals surface area (Å²) in [5.74, 6) is 0.0387. The number of methoxy groups -OCH3 is 1. The number of rotatable bonds is 4. The zero-order valence-electron chi connectivity index (χ0n) is 11.0. The van der Waals surface area contributed by atoms with Crippen molar-refractivity contribution < 1.29 is 9.53 Å². The first-order chi connectivity index (χ1) is 7.19. The number of hydrogen-bond donors (Lipinski definition) is 2. The third-order valence-electron chi connectivity index (χ3n) is 3.82. The molecule has 2 unspecified atom stereocenters. The summed E-state index contributed by atoms with van der Waals surface area (Å²) in [4.78, 5) is 11.8. The highest BCUT2D eigenvalue weighted by Crippen LogP contribution is 2.39. The first-order valence-corrected chi connectivity index (χ1v) is 5.79. The Bertz CT molecular complexity index is 274. The molecule has 1 aliphatic rings. The monoisotopic (exact) mass is 228 g/mol. The summed E-state index contributed by atoms with van der Waals surface area (Å²) in [5.41, 5.74) is 5.50. The Kier molecular flexibility index (Phi) is 3.65. The van der Waals surface area contributed by atoms with E-state index in [9.17, 15) is 4.79 Å². The normalized spacial score (nSPS) is 28.4. The molecule has 94 valence electrons. The van der Waals surface area contributed by atoms with Crippen LogP contribution in [0.4, 0.5) is 0 Å². The largest absolute Gasteiger partial charge is 0.378 e. The fourth-order valence-corrected chi connectivity index (χ4v) is 1.91. The van der Waals surface area contributed by atoms with Crippen molar-refractivity contribution in [1.82, 2.24) is 5.32 Å². The minimum Gasteiger partial charge on any atom is -0.378 e. The molecule has 1 rings (SSSR count). The van der Waals surface area contributed by atoms with Crippen molar-refractivity contribution in [2.45, 2.75) is 58.2 Å². The highest BCUT2D eigenvalue weighted by Gasteiger charge is 2.46. The molecule has 0 aromatic heterocycles. The fourth-order valence-electron chi connectivity index (χ4n) is 1.91. The zero-order valence-corrected chi connectivity index (χ0v) is 11.0. The SMILES string of the molecule is COC(C)(C)CC(=O)NC1CC(N)C1(C)C. The minimum absolute atomic E-state index is 0.00682. The van der Waals surface area contributed by atoms with Crippen LogP contribution in [0.3, 0.4) is 0 Å². The molecule has 1 aliphatic carbocycles. The van der Waals surface area contributed by atoms with Gasteiger partial charge in [-0.15, -0.1) is 0 Å². The van der Waals surface area contributed by atoms with Crippen LogP contribution < -0.4 is 11.1 Å². The highest BCUT2D eigenvalue weighted by atomic mass is 16.5. The molecule has 0 radical (unpaired) electrons. The van der Waals surface area contributed by atoms with E-state index in [0.717, 1.165) is 6.42 Å². The molecule has 0 saturated heterocycles. The van der Waals surface area contributed by atoms with E-state index in [4.69, 9.17) is 10.5 Å². The Morgan fingerprint density at radius 1 is 1.56 bits per heavy atom. The Balaban J connectivity index is 2.42. The van der Waals surface area contributed by atoms with Crippen molar-refractivity contribution >= 4 is 5.91 Å². The average molecular weight is 228 g/mol. The van der Waals surface area contributed by atoms with Crippen molar-refractivity contribution in [3.63, 3.8) is 0 Å². The van der Waals surface area contributed by atoms with E-state index >= 15 is 0 Å². The molecular formula is C12H24N2O2. The van der Waals surface area contributed by atoms with Crippen molar-refractivity contribution in [2.24, 2.45) is 11.1 Å². The van der Waals surface area contributed by atoms with Gasteiger partial charge in [0.2, 0.25) is 5.91 Å². The van der Waals surface area contributed by atoms with Crippen LogP contribution in [0.15, 0.2) is 0 Å². The lowest BCUT2D eigenvalue weighted by Crippen LogP contribution is -2.64. The first-order valence-electron chi connectivity index (χ1n) is 5.79. The summed E-state index contributed by atoms with van der Waals surface area (Å²) < 4.78 is 5.23. The van der Waals surface area contributed by atoms with Crippen LogP contribution in [0.5, 0.6) is 0 Å². The van der Waals surface area contributed by atoms with Crippen LogP contribution in [0, 0.1) is 5.41 Å². The number of hydrogen-bond acceptors (Lipinski definition) is 3. The molecule has 4 nitrogen and oxygen atoms in total. The number of nitrogens with two attached hydrogens (primary N) is 1. The van der Waals surface area contributed by atoms with E-state index in [0.29, 0.717) is 6.42 Å². The molecule has 0 aromatic carbocycles. The van der Waals surface area contributed by atoms with Gasteiger partial charge in [0, 0.05) is 24.6 Å². The van der Waals surface area contributed by atoms with E-state index < -0.39 is 5.60 Å². The molecule has 4 heteroatoms. The lowest BCUT2D eigenvalue weighted by atomic mass is 9.63. The maximum Gasteiger partial charge on any atom is 0.223 e. The summed E-state index contributed by atoms with van der Waals surface area (Å²) in [5, 5.41) is 3.03. The first kappa shape index (κ1) is 13.5. The minimum atomic E-state index is -0.403. The topological polar surface area (TPSA) is 64.3 Å². The van der Waals surface area contributed by atoms with Gasteiger partial charge in [0.25, 0.3) is 0 Å². The Hall–Kier alpha value is -0.610. The third kappa shape index (κ3) is 2.74. The maximum absolute atomic E-state index is 11.8. The van der Waals surface area contributed by atoms with Crippen LogP contribution >= 0.6 is 0 Å². The van der Waals surface area contributed by atoms with Crippen LogP contribution in [0.25, 0.3) is 0 Å². The number of ether oxygens (including phenoxy) is 1. The lowest BCUT2D eigenvalue weighted by molar-refractivity contribution is -0.129. The molecule has 0 spiro atoms. The third-order valence-corrected chi connectivity index (χ3v) is 3.82. The van der Waals surface area contributed by atoms with Gasteiger partial charge in [-0.05, 0) is 20.3 Å². The summed E-state index contributed by atoms with van der Waals surface area (Å²) in [6, 6.07) is 0.385. The Morgan fingerprint density at radius 3 is 2.50 bits per heavy atom. The van der Waals surface area contributed by atoms with Crippen LogP contribution in [0.1, 0.15) is 40.5 Å². The fraction of sp³-hybridized carbons (Fsp3) is 0.917. The van der Waals surface area contributed by atoms with Crippen molar-refractivity contribution in [2.75, 3.05) is 7.11 Å². The van der Waals surface area contributed by atoms with E-state index in [1.807, 2.05) is 13.8 Å². The van der Waals surface area contributed by atoms with Gasteiger partial charge < -0.3 is 15.8 Å². The zero-order chi connectivity index (χ0) is 12.6. The van der Waals surface area contributed by atoms with Crippen LogP contribution in [-0.2, 0) is 9.53 Å². The maximum atomic E-state index is 11.8. The quantitative estimate of drug-likeness (QED) is 0.755. The van der Waals surface area contributed by atoms with Crippen molar-refractivity contribution in [3.8, 4) is 0 Å². The van der Waals surface area contributed by atoms with Crippen molar-refractivity contribution in [3.05, 3.63) is 0 Å². The second-order valence-corrected chi connectivity index (χ2v) is 5.92. The number of nitrogens with one attached hydrogen (secondary N) is 1. The molecule has 1 amide bonds. The summed E-state index contributed by atoms with van der Waals surface area (Å²) >= 11 is 0. The van der Waals surface area contributed by atoms with E-state index in [1.165, 1.54) is 0 Å². The molecule has 1 fully saturated rings.